The summed E-state index contributed by atoms with van der Waals surface area (Å²) in [6, 6.07) is 5.88. The van der Waals surface area contributed by atoms with Crippen LogP contribution in [0.5, 0.6) is 11.5 Å². The van der Waals surface area contributed by atoms with Crippen molar-refractivity contribution in [2.75, 3.05) is 25.0 Å². The first-order chi connectivity index (χ1) is 16.7. The van der Waals surface area contributed by atoms with Crippen LogP contribution >= 0.6 is 11.6 Å². The molecule has 1 aliphatic rings. The van der Waals surface area contributed by atoms with E-state index in [0.29, 0.717) is 6.54 Å². The van der Waals surface area contributed by atoms with Crippen LogP contribution in [0.1, 0.15) is 36.0 Å². The summed E-state index contributed by atoms with van der Waals surface area (Å²) in [7, 11) is 0. The number of rotatable bonds is 10. The molecule has 1 aromatic heterocycles. The molecule has 0 aliphatic heterocycles. The Labute approximate surface area is 205 Å². The van der Waals surface area contributed by atoms with E-state index in [1.165, 1.54) is 23.1 Å². The molecular formula is C24H25ClF3N3O4. The summed E-state index contributed by atoms with van der Waals surface area (Å²) < 4.78 is 48.9. The van der Waals surface area contributed by atoms with Gasteiger partial charge in [0.05, 0.1) is 10.6 Å². The molecule has 1 aliphatic carbocycles. The van der Waals surface area contributed by atoms with Gasteiger partial charge in [0.25, 0.3) is 5.91 Å². The van der Waals surface area contributed by atoms with Crippen LogP contribution in [0.2, 0.25) is 5.02 Å². The predicted molar refractivity (Wildman–Crippen MR) is 125 cm³/mol. The van der Waals surface area contributed by atoms with Gasteiger partial charge in [0.15, 0.2) is 5.75 Å². The molecule has 2 aromatic rings. The maximum atomic E-state index is 13.5. The molecule has 1 amide bonds. The van der Waals surface area contributed by atoms with Crippen molar-refractivity contribution >= 4 is 29.2 Å². The van der Waals surface area contributed by atoms with Gasteiger partial charge in [-0.25, -0.2) is 4.79 Å². The zero-order valence-electron chi connectivity index (χ0n) is 18.8. The minimum absolute atomic E-state index is 0.112. The van der Waals surface area contributed by atoms with Crippen molar-refractivity contribution < 1.29 is 32.2 Å². The van der Waals surface area contributed by atoms with Gasteiger partial charge < -0.3 is 19.7 Å². The molecule has 188 valence electrons. The lowest BCUT2D eigenvalue weighted by Gasteiger charge is -2.29. The number of pyridine rings is 1. The van der Waals surface area contributed by atoms with E-state index in [1.54, 1.807) is 24.5 Å². The average Bonchev–Trinajstić information content (AvgIpc) is 3.36. The molecule has 0 saturated heterocycles. The number of nitrogens with zero attached hydrogens (tertiary/aromatic N) is 2. The van der Waals surface area contributed by atoms with Gasteiger partial charge in [-0.2, -0.15) is 13.2 Å². The lowest BCUT2D eigenvalue weighted by molar-refractivity contribution is -0.189. The summed E-state index contributed by atoms with van der Waals surface area (Å²) in [6.45, 7) is 4.40. The number of halogens is 4. The summed E-state index contributed by atoms with van der Waals surface area (Å²) in [5.74, 6) is -3.61. The Morgan fingerprint density at radius 1 is 1.23 bits per heavy atom. The van der Waals surface area contributed by atoms with E-state index in [9.17, 15) is 22.8 Å². The van der Waals surface area contributed by atoms with Crippen molar-refractivity contribution in [2.24, 2.45) is 0 Å². The Kier molecular flexibility index (Phi) is 8.97. The van der Waals surface area contributed by atoms with E-state index in [-0.39, 0.29) is 35.5 Å². The third-order valence-corrected chi connectivity index (χ3v) is 5.69. The lowest BCUT2D eigenvalue weighted by Crippen LogP contribution is -2.39. The van der Waals surface area contributed by atoms with E-state index in [4.69, 9.17) is 16.3 Å². The third kappa shape index (κ3) is 7.11. The van der Waals surface area contributed by atoms with Crippen molar-refractivity contribution in [2.45, 2.75) is 37.9 Å². The molecule has 1 N–H and O–H groups in total. The van der Waals surface area contributed by atoms with Crippen LogP contribution in [0.15, 0.2) is 49.3 Å². The van der Waals surface area contributed by atoms with Gasteiger partial charge in [-0.3, -0.25) is 9.78 Å². The zero-order valence-corrected chi connectivity index (χ0v) is 19.6. The monoisotopic (exact) mass is 511 g/mol. The number of benzene rings is 1. The Morgan fingerprint density at radius 3 is 2.54 bits per heavy atom. The molecule has 3 rings (SSSR count). The van der Waals surface area contributed by atoms with Crippen LogP contribution < -0.4 is 14.8 Å². The highest BCUT2D eigenvalue weighted by Gasteiger charge is 2.42. The molecular weight excluding hydrogens is 487 g/mol. The van der Waals surface area contributed by atoms with Gasteiger partial charge in [-0.1, -0.05) is 30.5 Å². The number of hydrogen-bond acceptors (Lipinski definition) is 6. The summed E-state index contributed by atoms with van der Waals surface area (Å²) in [4.78, 5) is 30.4. The van der Waals surface area contributed by atoms with Gasteiger partial charge >= 0.3 is 12.1 Å². The van der Waals surface area contributed by atoms with Crippen LogP contribution in [-0.2, 0) is 4.79 Å². The topological polar surface area (TPSA) is 80.8 Å². The minimum Gasteiger partial charge on any atom is -0.492 e. The molecule has 1 fully saturated rings. The maximum absolute atomic E-state index is 13.5. The highest BCUT2D eigenvalue weighted by molar-refractivity contribution is 6.33. The number of esters is 1. The second-order valence-electron chi connectivity index (χ2n) is 7.86. The number of alkyl halides is 3. The number of amides is 1. The maximum Gasteiger partial charge on any atom is 0.491 e. The van der Waals surface area contributed by atoms with Crippen molar-refractivity contribution in [3.05, 3.63) is 59.9 Å². The largest absolute Gasteiger partial charge is 0.492 e. The second-order valence-corrected chi connectivity index (χ2v) is 8.27. The Morgan fingerprint density at radius 2 is 1.91 bits per heavy atom. The number of carbonyl (C=O) groups excluding carboxylic acids is 2. The first-order valence-corrected chi connectivity index (χ1v) is 11.4. The van der Waals surface area contributed by atoms with Gasteiger partial charge in [0.1, 0.15) is 12.4 Å². The van der Waals surface area contributed by atoms with E-state index in [2.05, 4.69) is 21.6 Å². The molecule has 0 atom stereocenters. The average molecular weight is 512 g/mol. The minimum atomic E-state index is -5.26. The van der Waals surface area contributed by atoms with Crippen molar-refractivity contribution in [1.82, 2.24) is 9.88 Å². The number of anilines is 1. The summed E-state index contributed by atoms with van der Waals surface area (Å²) in [5, 5.41) is 2.76. The number of carbonyl (C=O) groups is 2. The fourth-order valence-corrected chi connectivity index (χ4v) is 4.05. The van der Waals surface area contributed by atoms with Gasteiger partial charge in [0.2, 0.25) is 0 Å². The smallest absolute Gasteiger partial charge is 0.491 e. The molecule has 35 heavy (non-hydrogen) atoms. The fourth-order valence-electron chi connectivity index (χ4n) is 3.81. The van der Waals surface area contributed by atoms with E-state index < -0.39 is 23.8 Å². The standard InChI is InChI=1S/C24H25ClF3N3O4/c1-2-12-31(17-5-3-4-6-17)22(32)19-14-18(34-13-11-30-16-7-9-29-10-8-16)15-20(25)21(19)35-23(33)24(26,27)28/h2,7-10,14-15,17H,1,3-6,11-13H2,(H,29,30). The number of nitrogens with one attached hydrogen (secondary N) is 1. The molecule has 0 unspecified atom stereocenters. The van der Waals surface area contributed by atoms with Crippen molar-refractivity contribution in [1.29, 1.82) is 0 Å². The van der Waals surface area contributed by atoms with E-state index in [0.717, 1.165) is 31.4 Å². The highest BCUT2D eigenvalue weighted by atomic mass is 35.5. The second kappa shape index (κ2) is 11.9. The number of hydrogen-bond donors (Lipinski definition) is 1. The highest BCUT2D eigenvalue weighted by Crippen LogP contribution is 2.37. The van der Waals surface area contributed by atoms with E-state index in [1.807, 2.05) is 0 Å². The van der Waals surface area contributed by atoms with Crippen LogP contribution in [0.4, 0.5) is 18.9 Å². The Balaban J connectivity index is 1.85. The molecule has 1 saturated carbocycles. The van der Waals surface area contributed by atoms with E-state index >= 15 is 0 Å². The molecule has 0 bridgehead atoms. The number of ether oxygens (including phenoxy) is 2. The van der Waals surface area contributed by atoms with Gasteiger partial charge in [-0.15, -0.1) is 6.58 Å². The van der Waals surface area contributed by atoms with Crippen molar-refractivity contribution in [3.63, 3.8) is 0 Å². The van der Waals surface area contributed by atoms with Crippen LogP contribution in [0, 0.1) is 0 Å². The molecule has 0 radical (unpaired) electrons. The molecule has 1 aromatic carbocycles. The lowest BCUT2D eigenvalue weighted by atomic mass is 10.1. The van der Waals surface area contributed by atoms with Crippen LogP contribution in [-0.4, -0.2) is 53.7 Å². The molecule has 7 nitrogen and oxygen atoms in total. The quantitative estimate of drug-likeness (QED) is 0.203. The SMILES string of the molecule is C=CCN(C(=O)c1cc(OCCNc2ccncc2)cc(Cl)c1OC(=O)C(F)(F)F)C1CCCC1. The fraction of sp³-hybridized carbons (Fsp3) is 0.375. The van der Waals surface area contributed by atoms with Crippen LogP contribution in [0.25, 0.3) is 0 Å². The van der Waals surface area contributed by atoms with Crippen molar-refractivity contribution in [3.8, 4) is 11.5 Å². The summed E-state index contributed by atoms with van der Waals surface area (Å²) >= 11 is 6.18. The normalized spacial score (nSPS) is 13.8. The Hall–Kier alpha value is -3.27. The van der Waals surface area contributed by atoms with Crippen LogP contribution in [0.3, 0.4) is 0 Å². The molecule has 11 heteroatoms. The van der Waals surface area contributed by atoms with Gasteiger partial charge in [0, 0.05) is 43.3 Å². The van der Waals surface area contributed by atoms with Gasteiger partial charge in [-0.05, 0) is 31.0 Å². The summed E-state index contributed by atoms with van der Waals surface area (Å²) in [5.41, 5.74) is 0.532. The first-order valence-electron chi connectivity index (χ1n) is 11.0. The Bertz CT molecular complexity index is 1040. The summed E-state index contributed by atoms with van der Waals surface area (Å²) in [6.07, 6.45) is 2.88. The molecule has 1 heterocycles. The first kappa shape index (κ1) is 26.3. The molecule has 0 spiro atoms. The predicted octanol–water partition coefficient (Wildman–Crippen LogP) is 5.26. The zero-order chi connectivity index (χ0) is 25.4. The number of aromatic nitrogens is 1. The third-order valence-electron chi connectivity index (χ3n) is 5.41.